The van der Waals surface area contributed by atoms with Crippen LogP contribution in [-0.4, -0.2) is 18.4 Å². The maximum atomic E-state index is 11.6. The maximum absolute atomic E-state index is 11.6. The van der Waals surface area contributed by atoms with Crippen molar-refractivity contribution in [2.45, 2.75) is 6.42 Å². The molecule has 2 amide bonds. The van der Waals surface area contributed by atoms with E-state index < -0.39 is 5.91 Å². The maximum Gasteiger partial charge on any atom is 0.251 e. The van der Waals surface area contributed by atoms with Crippen molar-refractivity contribution in [2.75, 3.05) is 6.54 Å². The standard InChI is InChI=1S/C10H10BrClN2O2/c11-7-5-6(1-2-8(7)12)10(16)14-4-3-9(13)15/h1-2,5H,3-4H2,(H2,13,15)(H,14,16). The molecule has 0 spiro atoms. The Hall–Kier alpha value is -1.07. The summed E-state index contributed by atoms with van der Waals surface area (Å²) in [5, 5.41) is 3.11. The number of carbonyl (C=O) groups excluding carboxylic acids is 2. The molecule has 6 heteroatoms. The first-order valence-electron chi connectivity index (χ1n) is 4.52. The summed E-state index contributed by atoms with van der Waals surface area (Å²) in [7, 11) is 0. The summed E-state index contributed by atoms with van der Waals surface area (Å²) in [6, 6.07) is 4.84. The van der Waals surface area contributed by atoms with Crippen LogP contribution in [0, 0.1) is 0 Å². The zero-order valence-electron chi connectivity index (χ0n) is 8.30. The number of primary amides is 1. The number of amides is 2. The minimum absolute atomic E-state index is 0.125. The van der Waals surface area contributed by atoms with Crippen LogP contribution in [0.3, 0.4) is 0 Å². The fourth-order valence-electron chi connectivity index (χ4n) is 1.04. The van der Waals surface area contributed by atoms with Gasteiger partial charge >= 0.3 is 0 Å². The Balaban J connectivity index is 2.59. The first-order valence-corrected chi connectivity index (χ1v) is 5.69. The number of halogens is 2. The van der Waals surface area contributed by atoms with Gasteiger partial charge in [0.25, 0.3) is 5.91 Å². The highest BCUT2D eigenvalue weighted by Gasteiger charge is 2.07. The lowest BCUT2D eigenvalue weighted by molar-refractivity contribution is -0.117. The molecule has 0 aliphatic carbocycles. The van der Waals surface area contributed by atoms with Gasteiger partial charge in [-0.25, -0.2) is 0 Å². The van der Waals surface area contributed by atoms with Crippen molar-refractivity contribution in [3.63, 3.8) is 0 Å². The largest absolute Gasteiger partial charge is 0.370 e. The van der Waals surface area contributed by atoms with Crippen LogP contribution in [0.2, 0.25) is 5.02 Å². The first-order chi connectivity index (χ1) is 7.50. The molecule has 4 nitrogen and oxygen atoms in total. The van der Waals surface area contributed by atoms with Crippen LogP contribution in [0.4, 0.5) is 0 Å². The summed E-state index contributed by atoms with van der Waals surface area (Å²) < 4.78 is 0.650. The van der Waals surface area contributed by atoms with Gasteiger partial charge < -0.3 is 11.1 Å². The summed E-state index contributed by atoms with van der Waals surface area (Å²) in [6.07, 6.45) is 0.125. The molecule has 1 rings (SSSR count). The third-order valence-electron chi connectivity index (χ3n) is 1.84. The Labute approximate surface area is 106 Å². The van der Waals surface area contributed by atoms with E-state index in [0.29, 0.717) is 15.1 Å². The van der Waals surface area contributed by atoms with Crippen molar-refractivity contribution in [2.24, 2.45) is 5.73 Å². The molecule has 0 fully saturated rings. The Morgan fingerprint density at radius 1 is 1.44 bits per heavy atom. The van der Waals surface area contributed by atoms with E-state index in [4.69, 9.17) is 17.3 Å². The van der Waals surface area contributed by atoms with Crippen LogP contribution >= 0.6 is 27.5 Å². The van der Waals surface area contributed by atoms with Crippen molar-refractivity contribution in [3.05, 3.63) is 33.3 Å². The predicted octanol–water partition coefficient (Wildman–Crippen LogP) is 1.71. The lowest BCUT2D eigenvalue weighted by Gasteiger charge is -2.04. The molecule has 3 N–H and O–H groups in total. The van der Waals surface area contributed by atoms with Gasteiger partial charge in [0.1, 0.15) is 0 Å². The lowest BCUT2D eigenvalue weighted by atomic mass is 10.2. The van der Waals surface area contributed by atoms with Crippen molar-refractivity contribution in [3.8, 4) is 0 Å². The summed E-state index contributed by atoms with van der Waals surface area (Å²) >= 11 is 9.01. The monoisotopic (exact) mass is 304 g/mol. The molecule has 86 valence electrons. The van der Waals surface area contributed by atoms with E-state index in [9.17, 15) is 9.59 Å². The number of hydrogen-bond acceptors (Lipinski definition) is 2. The third kappa shape index (κ3) is 3.83. The SMILES string of the molecule is NC(=O)CCNC(=O)c1ccc(Cl)c(Br)c1. The van der Waals surface area contributed by atoms with Gasteiger partial charge in [0, 0.05) is 23.0 Å². The Bertz CT molecular complexity index is 423. The molecule has 1 aromatic rings. The summed E-state index contributed by atoms with van der Waals surface area (Å²) in [5.74, 6) is -0.712. The average Bonchev–Trinajstić information content (AvgIpc) is 2.21. The highest BCUT2D eigenvalue weighted by Crippen LogP contribution is 2.23. The van der Waals surface area contributed by atoms with Crippen LogP contribution in [-0.2, 0) is 4.79 Å². The van der Waals surface area contributed by atoms with E-state index in [0.717, 1.165) is 0 Å². The van der Waals surface area contributed by atoms with Crippen LogP contribution in [0.5, 0.6) is 0 Å². The second kappa shape index (κ2) is 5.86. The van der Waals surface area contributed by atoms with Crippen molar-refractivity contribution >= 4 is 39.3 Å². The Morgan fingerprint density at radius 2 is 2.12 bits per heavy atom. The molecule has 0 atom stereocenters. The van der Waals surface area contributed by atoms with Crippen molar-refractivity contribution < 1.29 is 9.59 Å². The second-order valence-electron chi connectivity index (χ2n) is 3.10. The van der Waals surface area contributed by atoms with Crippen LogP contribution in [0.15, 0.2) is 22.7 Å². The highest BCUT2D eigenvalue weighted by atomic mass is 79.9. The van der Waals surface area contributed by atoms with Crippen LogP contribution in [0.25, 0.3) is 0 Å². The molecule has 0 saturated carbocycles. The van der Waals surface area contributed by atoms with E-state index >= 15 is 0 Å². The minimum Gasteiger partial charge on any atom is -0.370 e. The summed E-state index contributed by atoms with van der Waals surface area (Å²) in [5.41, 5.74) is 5.42. The summed E-state index contributed by atoms with van der Waals surface area (Å²) in [4.78, 5) is 22.0. The van der Waals surface area contributed by atoms with E-state index in [-0.39, 0.29) is 18.9 Å². The van der Waals surface area contributed by atoms with Gasteiger partial charge in [-0.3, -0.25) is 9.59 Å². The molecule has 0 radical (unpaired) electrons. The number of nitrogens with two attached hydrogens (primary N) is 1. The van der Waals surface area contributed by atoms with Gasteiger partial charge in [-0.1, -0.05) is 11.6 Å². The van der Waals surface area contributed by atoms with Gasteiger partial charge in [0.2, 0.25) is 5.91 Å². The Kier molecular flexibility index (Phi) is 4.76. The molecule has 16 heavy (non-hydrogen) atoms. The van der Waals surface area contributed by atoms with Crippen molar-refractivity contribution in [1.29, 1.82) is 0 Å². The smallest absolute Gasteiger partial charge is 0.251 e. The predicted molar refractivity (Wildman–Crippen MR) is 65.3 cm³/mol. The molecule has 0 saturated heterocycles. The lowest BCUT2D eigenvalue weighted by Crippen LogP contribution is -2.27. The van der Waals surface area contributed by atoms with E-state index in [2.05, 4.69) is 21.2 Å². The molecule has 0 aromatic heterocycles. The van der Waals surface area contributed by atoms with Crippen LogP contribution in [0.1, 0.15) is 16.8 Å². The van der Waals surface area contributed by atoms with Gasteiger partial charge in [-0.2, -0.15) is 0 Å². The zero-order chi connectivity index (χ0) is 12.1. The molecule has 0 aliphatic heterocycles. The van der Waals surface area contributed by atoms with E-state index in [1.165, 1.54) is 0 Å². The number of nitrogens with one attached hydrogen (secondary N) is 1. The number of benzene rings is 1. The zero-order valence-corrected chi connectivity index (χ0v) is 10.6. The van der Waals surface area contributed by atoms with E-state index in [1.807, 2.05) is 0 Å². The first kappa shape index (κ1) is 13.0. The molecule has 0 heterocycles. The molecular weight excluding hydrogens is 295 g/mol. The van der Waals surface area contributed by atoms with Gasteiger partial charge in [-0.15, -0.1) is 0 Å². The molecule has 0 aliphatic rings. The topological polar surface area (TPSA) is 72.2 Å². The quantitative estimate of drug-likeness (QED) is 0.889. The third-order valence-corrected chi connectivity index (χ3v) is 3.05. The highest BCUT2D eigenvalue weighted by molar-refractivity contribution is 9.10. The fraction of sp³-hybridized carbons (Fsp3) is 0.200. The van der Waals surface area contributed by atoms with Gasteiger partial charge in [-0.05, 0) is 34.1 Å². The fourth-order valence-corrected chi connectivity index (χ4v) is 1.54. The molecular formula is C10H10BrClN2O2. The number of hydrogen-bond donors (Lipinski definition) is 2. The Morgan fingerprint density at radius 3 is 2.69 bits per heavy atom. The normalized spacial score (nSPS) is 9.88. The van der Waals surface area contributed by atoms with Gasteiger partial charge in [0.15, 0.2) is 0 Å². The molecule has 1 aromatic carbocycles. The number of carbonyl (C=O) groups is 2. The molecule has 0 bridgehead atoms. The minimum atomic E-state index is -0.447. The average molecular weight is 306 g/mol. The molecule has 0 unspecified atom stereocenters. The van der Waals surface area contributed by atoms with Crippen molar-refractivity contribution in [1.82, 2.24) is 5.32 Å². The van der Waals surface area contributed by atoms with Gasteiger partial charge in [0.05, 0.1) is 5.02 Å². The summed E-state index contributed by atoms with van der Waals surface area (Å²) in [6.45, 7) is 0.231. The van der Waals surface area contributed by atoms with E-state index in [1.54, 1.807) is 18.2 Å². The number of rotatable bonds is 4. The van der Waals surface area contributed by atoms with Crippen LogP contribution < -0.4 is 11.1 Å². The second-order valence-corrected chi connectivity index (χ2v) is 4.36.